The van der Waals surface area contributed by atoms with Gasteiger partial charge in [0.2, 0.25) is 0 Å². The first-order valence-corrected chi connectivity index (χ1v) is 7.97. The van der Waals surface area contributed by atoms with Crippen LogP contribution < -0.4 is 5.32 Å². The average Bonchev–Trinajstić information content (AvgIpc) is 2.91. The first kappa shape index (κ1) is 16.1. The van der Waals surface area contributed by atoms with Crippen LogP contribution in [-0.2, 0) is 4.79 Å². The summed E-state index contributed by atoms with van der Waals surface area (Å²) in [5.41, 5.74) is -1.00. The lowest BCUT2D eigenvalue weighted by molar-refractivity contribution is -0.148. The van der Waals surface area contributed by atoms with Crippen LogP contribution in [0.1, 0.15) is 39.0 Å². The Kier molecular flexibility index (Phi) is 5.08. The van der Waals surface area contributed by atoms with Crippen molar-refractivity contribution >= 4 is 12.0 Å². The molecule has 0 spiro atoms. The first-order valence-electron chi connectivity index (χ1n) is 7.97. The van der Waals surface area contributed by atoms with Crippen molar-refractivity contribution in [3.05, 3.63) is 0 Å². The Morgan fingerprint density at radius 1 is 1.29 bits per heavy atom. The van der Waals surface area contributed by atoms with E-state index in [1.54, 1.807) is 0 Å². The normalized spacial score (nSPS) is 27.8. The van der Waals surface area contributed by atoms with Gasteiger partial charge in [0.1, 0.15) is 5.54 Å². The second-order valence-corrected chi connectivity index (χ2v) is 6.38. The first-order chi connectivity index (χ1) is 9.99. The Morgan fingerprint density at radius 2 is 1.95 bits per heavy atom. The molecule has 0 radical (unpaired) electrons. The van der Waals surface area contributed by atoms with Crippen LogP contribution in [0.25, 0.3) is 0 Å². The highest BCUT2D eigenvalue weighted by Crippen LogP contribution is 2.32. The summed E-state index contributed by atoms with van der Waals surface area (Å²) in [7, 11) is 2.11. The van der Waals surface area contributed by atoms with Crippen LogP contribution in [0.3, 0.4) is 0 Å². The van der Waals surface area contributed by atoms with Crippen molar-refractivity contribution in [3.63, 3.8) is 0 Å². The van der Waals surface area contributed by atoms with Gasteiger partial charge in [0.15, 0.2) is 0 Å². The molecule has 2 N–H and O–H groups in total. The van der Waals surface area contributed by atoms with Gasteiger partial charge in [0.25, 0.3) is 0 Å². The molecule has 0 aromatic rings. The Morgan fingerprint density at radius 3 is 2.52 bits per heavy atom. The number of aliphatic carboxylic acids is 1. The molecule has 2 aliphatic rings. The highest BCUT2D eigenvalue weighted by molar-refractivity contribution is 5.87. The number of hydrogen-bond donors (Lipinski definition) is 2. The largest absolute Gasteiger partial charge is 0.479 e. The molecular formula is C15H27N3O3. The summed E-state index contributed by atoms with van der Waals surface area (Å²) in [6.45, 7) is 5.18. The third-order valence-corrected chi connectivity index (χ3v) is 5.10. The fraction of sp³-hybridized carbons (Fsp3) is 0.867. The lowest BCUT2D eigenvalue weighted by Gasteiger charge is -2.35. The second-order valence-electron chi connectivity index (χ2n) is 6.38. The molecule has 0 aromatic heterocycles. The molecule has 2 rings (SSSR count). The minimum atomic E-state index is -1.00. The van der Waals surface area contributed by atoms with Crippen LogP contribution in [0.4, 0.5) is 4.79 Å². The number of carbonyl (C=O) groups excluding carboxylic acids is 1. The van der Waals surface area contributed by atoms with Crippen molar-refractivity contribution in [1.82, 2.24) is 15.1 Å². The number of amides is 2. The van der Waals surface area contributed by atoms with E-state index in [1.807, 2.05) is 6.92 Å². The lowest BCUT2D eigenvalue weighted by atomic mass is 9.93. The molecule has 2 amide bonds. The Bertz CT molecular complexity index is 394. The van der Waals surface area contributed by atoms with Gasteiger partial charge in [-0.05, 0) is 58.2 Å². The minimum absolute atomic E-state index is 0.212. The van der Waals surface area contributed by atoms with Gasteiger partial charge in [-0.3, -0.25) is 0 Å². The van der Waals surface area contributed by atoms with Gasteiger partial charge in [0.05, 0.1) is 0 Å². The van der Waals surface area contributed by atoms with Crippen molar-refractivity contribution in [2.75, 3.05) is 33.2 Å². The van der Waals surface area contributed by atoms with Gasteiger partial charge in [0, 0.05) is 13.1 Å². The molecule has 6 nitrogen and oxygen atoms in total. The third kappa shape index (κ3) is 3.31. The molecule has 0 aromatic carbocycles. The third-order valence-electron chi connectivity index (χ3n) is 5.10. The van der Waals surface area contributed by atoms with Crippen LogP contribution in [0.5, 0.6) is 0 Å². The van der Waals surface area contributed by atoms with Gasteiger partial charge in [-0.1, -0.05) is 6.92 Å². The summed E-state index contributed by atoms with van der Waals surface area (Å²) in [5, 5.41) is 12.5. The molecule has 21 heavy (non-hydrogen) atoms. The lowest BCUT2D eigenvalue weighted by Crippen LogP contribution is -2.56. The van der Waals surface area contributed by atoms with Crippen LogP contribution >= 0.6 is 0 Å². The summed E-state index contributed by atoms with van der Waals surface area (Å²) < 4.78 is 0. The number of urea groups is 1. The maximum absolute atomic E-state index is 12.4. The number of nitrogens with one attached hydrogen (secondary N) is 1. The van der Waals surface area contributed by atoms with Crippen LogP contribution in [0.15, 0.2) is 0 Å². The zero-order valence-electron chi connectivity index (χ0n) is 13.1. The average molecular weight is 297 g/mol. The van der Waals surface area contributed by atoms with Gasteiger partial charge >= 0.3 is 12.0 Å². The van der Waals surface area contributed by atoms with Crippen LogP contribution in [0, 0.1) is 5.92 Å². The number of nitrogens with zero attached hydrogens (tertiary/aromatic N) is 2. The van der Waals surface area contributed by atoms with E-state index >= 15 is 0 Å². The van der Waals surface area contributed by atoms with Crippen molar-refractivity contribution in [3.8, 4) is 0 Å². The number of carboxylic acid groups (broad SMARTS) is 1. The number of rotatable bonds is 4. The molecule has 6 heteroatoms. The van der Waals surface area contributed by atoms with E-state index in [0.29, 0.717) is 31.8 Å². The van der Waals surface area contributed by atoms with E-state index < -0.39 is 11.5 Å². The predicted molar refractivity (Wildman–Crippen MR) is 80.2 cm³/mol. The zero-order chi connectivity index (χ0) is 15.5. The number of likely N-dealkylation sites (tertiary alicyclic amines) is 2. The fourth-order valence-electron chi connectivity index (χ4n) is 3.51. The SMILES string of the molecule is CCC1(C(=O)O)CCCN1C(=O)NCC1CCN(C)CC1. The van der Waals surface area contributed by atoms with E-state index in [0.717, 1.165) is 32.4 Å². The summed E-state index contributed by atoms with van der Waals surface area (Å²) in [5.74, 6) is -0.370. The predicted octanol–water partition coefficient (Wildman–Crippen LogP) is 1.37. The molecule has 0 saturated carbocycles. The molecule has 0 aliphatic carbocycles. The van der Waals surface area contributed by atoms with E-state index in [4.69, 9.17) is 0 Å². The summed E-state index contributed by atoms with van der Waals surface area (Å²) >= 11 is 0. The smallest absolute Gasteiger partial charge is 0.329 e. The minimum Gasteiger partial charge on any atom is -0.479 e. The van der Waals surface area contributed by atoms with Crippen molar-refractivity contribution in [2.45, 2.75) is 44.6 Å². The molecular weight excluding hydrogens is 270 g/mol. The molecule has 2 saturated heterocycles. The zero-order valence-corrected chi connectivity index (χ0v) is 13.1. The van der Waals surface area contributed by atoms with Crippen molar-refractivity contribution in [1.29, 1.82) is 0 Å². The van der Waals surface area contributed by atoms with Gasteiger partial charge in [-0.25, -0.2) is 9.59 Å². The molecule has 120 valence electrons. The van der Waals surface area contributed by atoms with E-state index in [2.05, 4.69) is 17.3 Å². The highest BCUT2D eigenvalue weighted by Gasteiger charge is 2.48. The van der Waals surface area contributed by atoms with Crippen molar-refractivity contribution in [2.24, 2.45) is 5.92 Å². The molecule has 2 fully saturated rings. The summed E-state index contributed by atoms with van der Waals surface area (Å²) in [6.07, 6.45) is 3.97. The van der Waals surface area contributed by atoms with Gasteiger partial charge in [-0.15, -0.1) is 0 Å². The quantitative estimate of drug-likeness (QED) is 0.822. The molecule has 2 aliphatic heterocycles. The van der Waals surface area contributed by atoms with E-state index in [9.17, 15) is 14.7 Å². The van der Waals surface area contributed by atoms with E-state index in [-0.39, 0.29) is 6.03 Å². The Hall–Kier alpha value is -1.30. The molecule has 0 bridgehead atoms. The second kappa shape index (κ2) is 6.64. The fourth-order valence-corrected chi connectivity index (χ4v) is 3.51. The molecule has 2 heterocycles. The maximum Gasteiger partial charge on any atom is 0.329 e. The molecule has 1 unspecified atom stereocenters. The number of piperidine rings is 1. The van der Waals surface area contributed by atoms with Crippen LogP contribution in [-0.4, -0.2) is 65.7 Å². The maximum atomic E-state index is 12.4. The monoisotopic (exact) mass is 297 g/mol. The summed E-state index contributed by atoms with van der Waals surface area (Å²) in [4.78, 5) is 27.8. The van der Waals surface area contributed by atoms with Crippen molar-refractivity contribution < 1.29 is 14.7 Å². The van der Waals surface area contributed by atoms with Gasteiger partial charge < -0.3 is 20.2 Å². The molecule has 1 atom stereocenters. The standard InChI is InChI=1S/C15H27N3O3/c1-3-15(13(19)20)7-4-8-18(15)14(21)16-11-12-5-9-17(2)10-6-12/h12H,3-11H2,1-2H3,(H,16,21)(H,19,20). The van der Waals surface area contributed by atoms with E-state index in [1.165, 1.54) is 4.90 Å². The number of carbonyl (C=O) groups is 2. The van der Waals surface area contributed by atoms with Crippen LogP contribution in [0.2, 0.25) is 0 Å². The Labute approximate surface area is 126 Å². The van der Waals surface area contributed by atoms with Gasteiger partial charge in [-0.2, -0.15) is 0 Å². The topological polar surface area (TPSA) is 72.9 Å². The number of carboxylic acids is 1. The number of hydrogen-bond acceptors (Lipinski definition) is 3. The Balaban J connectivity index is 1.89. The summed E-state index contributed by atoms with van der Waals surface area (Å²) in [6, 6.07) is -0.212. The highest BCUT2D eigenvalue weighted by atomic mass is 16.4.